The average molecular weight is 304 g/mol. The summed E-state index contributed by atoms with van der Waals surface area (Å²) in [6.45, 7) is 3.87. The van der Waals surface area contributed by atoms with Crippen molar-refractivity contribution in [2.75, 3.05) is 5.73 Å². The molecule has 0 fully saturated rings. The SMILES string of the molecule is Cc1cc(C)c(C(=O)c2ccc(Br)cc2)cc1N. The average Bonchev–Trinajstić information content (AvgIpc) is 2.34. The van der Waals surface area contributed by atoms with Crippen molar-refractivity contribution in [3.63, 3.8) is 0 Å². The standard InChI is InChI=1S/C15H14BrNO/c1-9-7-10(2)14(17)8-13(9)15(18)11-3-5-12(16)6-4-11/h3-8H,17H2,1-2H3. The number of hydrogen-bond acceptors (Lipinski definition) is 2. The molecule has 0 heterocycles. The van der Waals surface area contributed by atoms with Crippen LogP contribution < -0.4 is 5.73 Å². The molecule has 2 nitrogen and oxygen atoms in total. The van der Waals surface area contributed by atoms with Crippen LogP contribution in [0.4, 0.5) is 5.69 Å². The summed E-state index contributed by atoms with van der Waals surface area (Å²) in [7, 11) is 0. The summed E-state index contributed by atoms with van der Waals surface area (Å²) in [6.07, 6.45) is 0. The molecule has 2 aromatic rings. The lowest BCUT2D eigenvalue weighted by molar-refractivity contribution is 0.103. The van der Waals surface area contributed by atoms with E-state index in [-0.39, 0.29) is 5.78 Å². The first-order chi connectivity index (χ1) is 8.49. The normalized spacial score (nSPS) is 10.4. The lowest BCUT2D eigenvalue weighted by Gasteiger charge is -2.09. The number of halogens is 1. The van der Waals surface area contributed by atoms with Crippen molar-refractivity contribution in [2.45, 2.75) is 13.8 Å². The highest BCUT2D eigenvalue weighted by Crippen LogP contribution is 2.21. The largest absolute Gasteiger partial charge is 0.398 e. The Morgan fingerprint density at radius 1 is 1.06 bits per heavy atom. The van der Waals surface area contributed by atoms with Gasteiger partial charge in [0.05, 0.1) is 0 Å². The van der Waals surface area contributed by atoms with Gasteiger partial charge in [0, 0.05) is 21.3 Å². The monoisotopic (exact) mass is 303 g/mol. The lowest BCUT2D eigenvalue weighted by Crippen LogP contribution is -2.05. The Morgan fingerprint density at radius 2 is 1.67 bits per heavy atom. The number of benzene rings is 2. The molecule has 0 saturated carbocycles. The van der Waals surface area contributed by atoms with E-state index in [0.29, 0.717) is 16.8 Å². The Balaban J connectivity index is 2.46. The molecule has 0 unspecified atom stereocenters. The Labute approximate surface area is 115 Å². The summed E-state index contributed by atoms with van der Waals surface area (Å²) in [5.74, 6) is 0.00620. The van der Waals surface area contributed by atoms with Gasteiger partial charge in [0.25, 0.3) is 0 Å². The van der Waals surface area contributed by atoms with E-state index in [1.165, 1.54) is 0 Å². The molecule has 2 N–H and O–H groups in total. The molecule has 0 radical (unpaired) electrons. The summed E-state index contributed by atoms with van der Waals surface area (Å²) < 4.78 is 0.958. The molecule has 0 aliphatic rings. The highest BCUT2D eigenvalue weighted by molar-refractivity contribution is 9.10. The Morgan fingerprint density at radius 3 is 2.28 bits per heavy atom. The summed E-state index contributed by atoms with van der Waals surface area (Å²) in [5, 5.41) is 0. The van der Waals surface area contributed by atoms with Crippen LogP contribution in [0.5, 0.6) is 0 Å². The number of carbonyl (C=O) groups is 1. The molecule has 0 aliphatic heterocycles. The maximum atomic E-state index is 12.4. The molecule has 0 spiro atoms. The molecule has 0 saturated heterocycles. The van der Waals surface area contributed by atoms with Gasteiger partial charge in [-0.3, -0.25) is 4.79 Å². The van der Waals surface area contributed by atoms with Gasteiger partial charge in [0.15, 0.2) is 5.78 Å². The first kappa shape index (κ1) is 12.8. The topological polar surface area (TPSA) is 43.1 Å². The number of nitrogens with two attached hydrogens (primary N) is 1. The third kappa shape index (κ3) is 2.46. The van der Waals surface area contributed by atoms with E-state index >= 15 is 0 Å². The molecule has 0 amide bonds. The van der Waals surface area contributed by atoms with Crippen molar-refractivity contribution < 1.29 is 4.79 Å². The van der Waals surface area contributed by atoms with Crippen molar-refractivity contribution in [3.05, 3.63) is 63.1 Å². The van der Waals surface area contributed by atoms with Crippen molar-refractivity contribution >= 4 is 27.4 Å². The molecule has 0 bridgehead atoms. The fourth-order valence-electron chi connectivity index (χ4n) is 1.87. The summed E-state index contributed by atoms with van der Waals surface area (Å²) in [4.78, 5) is 12.4. The first-order valence-corrected chi connectivity index (χ1v) is 6.45. The van der Waals surface area contributed by atoms with Gasteiger partial charge in [-0.2, -0.15) is 0 Å². The summed E-state index contributed by atoms with van der Waals surface area (Å²) in [5.41, 5.74) is 9.81. The number of rotatable bonds is 2. The molecule has 2 rings (SSSR count). The van der Waals surface area contributed by atoms with Crippen LogP contribution in [-0.2, 0) is 0 Å². The van der Waals surface area contributed by atoms with Crippen LogP contribution in [0.1, 0.15) is 27.0 Å². The zero-order chi connectivity index (χ0) is 13.3. The van der Waals surface area contributed by atoms with Crippen molar-refractivity contribution in [3.8, 4) is 0 Å². The number of hydrogen-bond donors (Lipinski definition) is 1. The predicted octanol–water partition coefficient (Wildman–Crippen LogP) is 3.88. The second kappa shape index (κ2) is 4.94. The van der Waals surface area contributed by atoms with Gasteiger partial charge < -0.3 is 5.73 Å². The molecule has 0 aromatic heterocycles. The molecular weight excluding hydrogens is 290 g/mol. The van der Waals surface area contributed by atoms with Crippen molar-refractivity contribution in [2.24, 2.45) is 0 Å². The van der Waals surface area contributed by atoms with Crippen molar-refractivity contribution in [1.82, 2.24) is 0 Å². The van der Waals surface area contributed by atoms with Crippen LogP contribution in [0.15, 0.2) is 40.9 Å². The van der Waals surface area contributed by atoms with E-state index in [1.54, 1.807) is 6.07 Å². The highest BCUT2D eigenvalue weighted by atomic mass is 79.9. The second-order valence-corrected chi connectivity index (χ2v) is 5.28. The van der Waals surface area contributed by atoms with Crippen LogP contribution in [0.3, 0.4) is 0 Å². The van der Waals surface area contributed by atoms with Gasteiger partial charge in [-0.15, -0.1) is 0 Å². The Hall–Kier alpha value is -1.61. The van der Waals surface area contributed by atoms with Crippen molar-refractivity contribution in [1.29, 1.82) is 0 Å². The van der Waals surface area contributed by atoms with E-state index in [2.05, 4.69) is 15.9 Å². The van der Waals surface area contributed by atoms with Gasteiger partial charge in [-0.05, 0) is 55.3 Å². The number of carbonyl (C=O) groups excluding carboxylic acids is 1. The van der Waals surface area contributed by atoms with Gasteiger partial charge in [0.1, 0.15) is 0 Å². The van der Waals surface area contributed by atoms with Gasteiger partial charge in [0.2, 0.25) is 0 Å². The Bertz CT molecular complexity index is 603. The van der Waals surface area contributed by atoms with Gasteiger partial charge in [-0.1, -0.05) is 22.0 Å². The zero-order valence-electron chi connectivity index (χ0n) is 10.3. The van der Waals surface area contributed by atoms with E-state index in [4.69, 9.17) is 5.73 Å². The highest BCUT2D eigenvalue weighted by Gasteiger charge is 2.13. The number of aryl methyl sites for hydroxylation is 2. The third-order valence-corrected chi connectivity index (χ3v) is 3.49. The van der Waals surface area contributed by atoms with Crippen LogP contribution >= 0.6 is 15.9 Å². The lowest BCUT2D eigenvalue weighted by atomic mass is 9.96. The smallest absolute Gasteiger partial charge is 0.193 e. The maximum absolute atomic E-state index is 12.4. The maximum Gasteiger partial charge on any atom is 0.193 e. The minimum Gasteiger partial charge on any atom is -0.398 e. The van der Waals surface area contributed by atoms with E-state index in [1.807, 2.05) is 44.2 Å². The van der Waals surface area contributed by atoms with Gasteiger partial charge >= 0.3 is 0 Å². The molecule has 2 aromatic carbocycles. The fourth-order valence-corrected chi connectivity index (χ4v) is 2.13. The molecule has 0 atom stereocenters. The van der Waals surface area contributed by atoms with Crippen LogP contribution in [0.2, 0.25) is 0 Å². The molecule has 3 heteroatoms. The molecule has 18 heavy (non-hydrogen) atoms. The van der Waals surface area contributed by atoms with E-state index in [0.717, 1.165) is 15.6 Å². The van der Waals surface area contributed by atoms with Crippen LogP contribution in [0, 0.1) is 13.8 Å². The molecular formula is C15H14BrNO. The molecule has 92 valence electrons. The second-order valence-electron chi connectivity index (χ2n) is 4.36. The van der Waals surface area contributed by atoms with E-state index < -0.39 is 0 Å². The minimum atomic E-state index is 0.00620. The Kier molecular flexibility index (Phi) is 3.53. The van der Waals surface area contributed by atoms with Crippen LogP contribution in [0.25, 0.3) is 0 Å². The van der Waals surface area contributed by atoms with E-state index in [9.17, 15) is 4.79 Å². The first-order valence-electron chi connectivity index (χ1n) is 5.66. The predicted molar refractivity (Wildman–Crippen MR) is 77.9 cm³/mol. The molecule has 0 aliphatic carbocycles. The quantitative estimate of drug-likeness (QED) is 0.676. The summed E-state index contributed by atoms with van der Waals surface area (Å²) in [6, 6.07) is 11.0. The minimum absolute atomic E-state index is 0.00620. The number of ketones is 1. The fraction of sp³-hybridized carbons (Fsp3) is 0.133. The van der Waals surface area contributed by atoms with Gasteiger partial charge in [-0.25, -0.2) is 0 Å². The summed E-state index contributed by atoms with van der Waals surface area (Å²) >= 11 is 3.36. The zero-order valence-corrected chi connectivity index (χ0v) is 11.9. The number of anilines is 1. The van der Waals surface area contributed by atoms with Crippen LogP contribution in [-0.4, -0.2) is 5.78 Å². The third-order valence-electron chi connectivity index (χ3n) is 2.96. The number of nitrogen functional groups attached to an aromatic ring is 1.